The Morgan fingerprint density at radius 1 is 0.594 bits per heavy atom. The normalized spacial score (nSPS) is 14.7. The molecule has 0 amide bonds. The van der Waals surface area contributed by atoms with Crippen molar-refractivity contribution in [3.05, 3.63) is 81.5 Å². The van der Waals surface area contributed by atoms with Crippen molar-refractivity contribution in [3.63, 3.8) is 0 Å². The third-order valence-electron chi connectivity index (χ3n) is 4.91. The fraction of sp³-hybridized carbons (Fsp3) is 0.190. The molecule has 1 aliphatic rings. The van der Waals surface area contributed by atoms with E-state index in [2.05, 4.69) is 0 Å². The van der Waals surface area contributed by atoms with Crippen molar-refractivity contribution in [2.24, 2.45) is 0 Å². The Bertz CT molecular complexity index is 1150. The molecular formula is C21H11BF10. The predicted octanol–water partition coefficient (Wildman–Crippen LogP) is 5.79. The molecule has 0 aliphatic heterocycles. The first-order valence-corrected chi connectivity index (χ1v) is 9.19. The third-order valence-corrected chi connectivity index (χ3v) is 4.91. The van der Waals surface area contributed by atoms with Crippen molar-refractivity contribution in [2.75, 3.05) is 0 Å². The van der Waals surface area contributed by atoms with Gasteiger partial charge >= 0.3 is 175 Å². The fourth-order valence-corrected chi connectivity index (χ4v) is 3.28. The van der Waals surface area contributed by atoms with Crippen LogP contribution in [0.3, 0.4) is 0 Å². The summed E-state index contributed by atoms with van der Waals surface area (Å²) in [6.45, 7) is 2.28. The summed E-state index contributed by atoms with van der Waals surface area (Å²) in [5.41, 5.74) is -3.32. The van der Waals surface area contributed by atoms with Gasteiger partial charge in [0, 0.05) is 0 Å². The van der Waals surface area contributed by atoms with Crippen molar-refractivity contribution in [3.8, 4) is 0 Å². The first-order chi connectivity index (χ1) is 15.0. The van der Waals surface area contributed by atoms with Crippen LogP contribution in [-0.2, 0) is 0 Å². The van der Waals surface area contributed by atoms with E-state index >= 15 is 0 Å². The second kappa shape index (κ2) is 8.95. The Balaban J connectivity index is 2.29. The molecule has 0 spiro atoms. The summed E-state index contributed by atoms with van der Waals surface area (Å²) in [6.07, 6.45) is 2.76. The van der Waals surface area contributed by atoms with Crippen LogP contribution in [0.1, 0.15) is 31.7 Å². The van der Waals surface area contributed by atoms with E-state index in [1.165, 1.54) is 0 Å². The summed E-state index contributed by atoms with van der Waals surface area (Å²) in [5, 5.41) is 0. The summed E-state index contributed by atoms with van der Waals surface area (Å²) in [5.74, 6) is -22.0. The van der Waals surface area contributed by atoms with Crippen LogP contribution >= 0.6 is 0 Å². The molecule has 2 aromatic carbocycles. The summed E-state index contributed by atoms with van der Waals surface area (Å²) in [6, 6.07) is 0. The number of hydrogen-bond acceptors (Lipinski definition) is 0. The van der Waals surface area contributed by atoms with Gasteiger partial charge in [0.05, 0.1) is 0 Å². The summed E-state index contributed by atoms with van der Waals surface area (Å²) in [4.78, 5) is 0. The zero-order valence-electron chi connectivity index (χ0n) is 16.1. The third kappa shape index (κ3) is 3.77. The molecule has 0 nitrogen and oxygen atoms in total. The Labute approximate surface area is 175 Å². The minimum absolute atomic E-state index is 0.0421. The maximum absolute atomic E-state index is 14.3. The molecule has 2 aromatic rings. The molecule has 0 saturated heterocycles. The van der Waals surface area contributed by atoms with Gasteiger partial charge < -0.3 is 0 Å². The molecular weight excluding hydrogens is 453 g/mol. The molecule has 0 radical (unpaired) electrons. The van der Waals surface area contributed by atoms with Crippen molar-refractivity contribution >= 4 is 23.4 Å². The topological polar surface area (TPSA) is 0 Å². The summed E-state index contributed by atoms with van der Waals surface area (Å²) >= 11 is 0. The van der Waals surface area contributed by atoms with Gasteiger partial charge in [-0.25, -0.2) is 0 Å². The number of hydrogen-bond donors (Lipinski definition) is 0. The van der Waals surface area contributed by atoms with Crippen LogP contribution in [0.2, 0.25) is 0 Å². The van der Waals surface area contributed by atoms with Gasteiger partial charge in [-0.3, -0.25) is 0 Å². The van der Waals surface area contributed by atoms with Gasteiger partial charge in [-0.1, -0.05) is 0 Å². The van der Waals surface area contributed by atoms with Crippen LogP contribution in [0.15, 0.2) is 17.7 Å². The van der Waals surface area contributed by atoms with Gasteiger partial charge in [-0.05, 0) is 0 Å². The molecule has 11 heteroatoms. The second-order valence-electron chi connectivity index (χ2n) is 6.86. The molecule has 168 valence electrons. The van der Waals surface area contributed by atoms with E-state index in [1.54, 1.807) is 6.92 Å². The van der Waals surface area contributed by atoms with Gasteiger partial charge in [0.1, 0.15) is 0 Å². The molecule has 0 N–H and O–H groups in total. The van der Waals surface area contributed by atoms with Crippen LogP contribution < -0.4 is 5.46 Å². The molecule has 0 heterocycles. The van der Waals surface area contributed by atoms with E-state index < -0.39 is 74.8 Å². The summed E-state index contributed by atoms with van der Waals surface area (Å²) < 4.78 is 138. The van der Waals surface area contributed by atoms with Crippen LogP contribution in [0, 0.1) is 58.2 Å². The standard InChI is InChI=1S/C21H11BF10/c1-2-3-4-7-8(10-12(23)16(27)20(31)17(28)13(10)24)5-6-9(7)22-11-14(25)18(29)21(32)19(30)15(11)26/h5-6H,2-4H2,1H3. The van der Waals surface area contributed by atoms with Gasteiger partial charge in [-0.15, -0.1) is 0 Å². The molecule has 0 atom stereocenters. The van der Waals surface area contributed by atoms with Crippen molar-refractivity contribution in [1.82, 2.24) is 0 Å². The van der Waals surface area contributed by atoms with E-state index in [9.17, 15) is 43.9 Å². The predicted molar refractivity (Wildman–Crippen MR) is 98.4 cm³/mol. The van der Waals surface area contributed by atoms with Gasteiger partial charge in [0.2, 0.25) is 0 Å². The molecule has 32 heavy (non-hydrogen) atoms. The first-order valence-electron chi connectivity index (χ1n) is 9.19. The Hall–Kier alpha value is -2.85. The molecule has 1 aliphatic carbocycles. The van der Waals surface area contributed by atoms with E-state index in [0.717, 1.165) is 12.2 Å². The number of rotatable bonds is 5. The van der Waals surface area contributed by atoms with Crippen molar-refractivity contribution < 1.29 is 43.9 Å². The van der Waals surface area contributed by atoms with E-state index in [1.807, 2.05) is 0 Å². The van der Waals surface area contributed by atoms with Crippen LogP contribution in [0.25, 0.3) is 5.57 Å². The molecule has 0 saturated carbocycles. The summed E-state index contributed by atoms with van der Waals surface area (Å²) in [7, 11) is 0. The first kappa shape index (κ1) is 23.8. The Morgan fingerprint density at radius 3 is 1.50 bits per heavy atom. The zero-order chi connectivity index (χ0) is 23.9. The molecule has 0 fully saturated rings. The number of halogens is 10. The minimum atomic E-state index is -2.37. The number of benzene rings is 2. The number of allylic oxidation sites excluding steroid dienone is 4. The van der Waals surface area contributed by atoms with E-state index in [0.29, 0.717) is 19.8 Å². The Kier molecular flexibility index (Phi) is 6.66. The molecule has 0 aromatic heterocycles. The fourth-order valence-electron chi connectivity index (χ4n) is 3.28. The van der Waals surface area contributed by atoms with Crippen LogP contribution in [-0.4, -0.2) is 12.4 Å². The van der Waals surface area contributed by atoms with E-state index in [4.69, 9.17) is 0 Å². The quantitative estimate of drug-likeness (QED) is 0.228. The SMILES string of the molecule is CCCCC1=C(c2c(F)c(F)c(F)c(F)c2F)C=CC1=Bc1c(F)c(F)c(F)c(F)c1F. The van der Waals surface area contributed by atoms with Gasteiger partial charge in [-0.2, -0.15) is 0 Å². The molecule has 0 bridgehead atoms. The maximum atomic E-state index is 14.3. The Morgan fingerprint density at radius 2 is 1.03 bits per heavy atom. The van der Waals surface area contributed by atoms with Crippen molar-refractivity contribution in [1.29, 1.82) is 0 Å². The van der Waals surface area contributed by atoms with E-state index in [-0.39, 0.29) is 17.5 Å². The van der Waals surface area contributed by atoms with Crippen LogP contribution in [0.5, 0.6) is 0 Å². The van der Waals surface area contributed by atoms with Crippen molar-refractivity contribution in [2.45, 2.75) is 26.2 Å². The molecule has 3 rings (SSSR count). The average molecular weight is 464 g/mol. The zero-order valence-corrected chi connectivity index (χ0v) is 16.1. The number of unbranched alkanes of at least 4 members (excludes halogenated alkanes) is 1. The van der Waals surface area contributed by atoms with Gasteiger partial charge in [0.15, 0.2) is 0 Å². The van der Waals surface area contributed by atoms with Gasteiger partial charge in [0.25, 0.3) is 0 Å². The van der Waals surface area contributed by atoms with Crippen LogP contribution in [0.4, 0.5) is 43.9 Å². The molecule has 0 unspecified atom stereocenters. The monoisotopic (exact) mass is 464 g/mol. The second-order valence-corrected chi connectivity index (χ2v) is 6.86. The average Bonchev–Trinajstić information content (AvgIpc) is 3.17.